The van der Waals surface area contributed by atoms with Crippen LogP contribution in [0, 0.1) is 0 Å². The van der Waals surface area contributed by atoms with Crippen LogP contribution in [0.25, 0.3) is 0 Å². The van der Waals surface area contributed by atoms with Gasteiger partial charge in [0.1, 0.15) is 11.5 Å². The molecular weight excluding hydrogens is 281 g/mol. The molecule has 3 nitrogen and oxygen atoms in total. The number of alkyl halides is 3. The van der Waals surface area contributed by atoms with E-state index < -0.39 is 6.36 Å². The van der Waals surface area contributed by atoms with Crippen molar-refractivity contribution in [3.05, 3.63) is 41.3 Å². The third kappa shape index (κ3) is 3.99. The van der Waals surface area contributed by atoms with Gasteiger partial charge in [0.15, 0.2) is 11.3 Å². The van der Waals surface area contributed by atoms with E-state index in [1.54, 1.807) is 12.1 Å². The summed E-state index contributed by atoms with van der Waals surface area (Å²) in [5.74, 6) is -0.168. The molecule has 2 rings (SSSR count). The highest BCUT2D eigenvalue weighted by molar-refractivity contribution is 7.15. The Hall–Kier alpha value is -2.02. The Bertz CT molecular complexity index is 578. The molecule has 0 atom stereocenters. The molecule has 19 heavy (non-hydrogen) atoms. The lowest BCUT2D eigenvalue weighted by atomic mass is 10.3. The summed E-state index contributed by atoms with van der Waals surface area (Å²) in [6, 6.07) is 8.28. The topological polar surface area (TPSA) is 35.5 Å². The number of aldehydes is 1. The fraction of sp³-hybridized carbons (Fsp3) is 0.0833. The van der Waals surface area contributed by atoms with Crippen LogP contribution in [0.5, 0.6) is 16.6 Å². The number of carbonyl (C=O) groups is 1. The lowest BCUT2D eigenvalue weighted by Gasteiger charge is -2.09. The molecule has 0 N–H and O–H groups in total. The first-order valence-electron chi connectivity index (χ1n) is 5.05. The number of rotatable bonds is 4. The number of benzene rings is 1. The predicted molar refractivity (Wildman–Crippen MR) is 62.9 cm³/mol. The molecule has 2 aromatic rings. The second kappa shape index (κ2) is 5.31. The fourth-order valence-corrected chi connectivity index (χ4v) is 1.99. The third-order valence-corrected chi connectivity index (χ3v) is 2.86. The molecule has 100 valence electrons. The summed E-state index contributed by atoms with van der Waals surface area (Å²) in [7, 11) is 0. The average Bonchev–Trinajstić information content (AvgIpc) is 2.75. The minimum atomic E-state index is -4.74. The van der Waals surface area contributed by atoms with Crippen molar-refractivity contribution in [2.75, 3.05) is 0 Å². The molecular formula is C12H7F3O3S. The van der Waals surface area contributed by atoms with Crippen LogP contribution in [0.15, 0.2) is 36.4 Å². The van der Waals surface area contributed by atoms with Crippen molar-refractivity contribution in [1.82, 2.24) is 0 Å². The minimum Gasteiger partial charge on any atom is -0.447 e. The van der Waals surface area contributed by atoms with Crippen LogP contribution < -0.4 is 9.47 Å². The Labute approximate surface area is 110 Å². The predicted octanol–water partition coefficient (Wildman–Crippen LogP) is 4.25. The zero-order valence-corrected chi connectivity index (χ0v) is 10.1. The smallest absolute Gasteiger partial charge is 0.447 e. The summed E-state index contributed by atoms with van der Waals surface area (Å²) in [4.78, 5) is 11.0. The van der Waals surface area contributed by atoms with Gasteiger partial charge < -0.3 is 9.47 Å². The van der Waals surface area contributed by atoms with Gasteiger partial charge in [0, 0.05) is 6.07 Å². The van der Waals surface area contributed by atoms with Gasteiger partial charge in [-0.25, -0.2) is 0 Å². The molecule has 0 aliphatic rings. The molecule has 0 saturated carbocycles. The largest absolute Gasteiger partial charge is 0.573 e. The van der Waals surface area contributed by atoms with Crippen LogP contribution in [0.4, 0.5) is 13.2 Å². The lowest BCUT2D eigenvalue weighted by Crippen LogP contribution is -2.16. The SMILES string of the molecule is O=Cc1ccc(Oc2cccc(OC(F)(F)F)c2)s1. The van der Waals surface area contributed by atoms with Crippen molar-refractivity contribution in [3.8, 4) is 16.6 Å². The first-order valence-corrected chi connectivity index (χ1v) is 5.86. The highest BCUT2D eigenvalue weighted by Crippen LogP contribution is 2.31. The first kappa shape index (κ1) is 13.4. The summed E-state index contributed by atoms with van der Waals surface area (Å²) >= 11 is 1.09. The summed E-state index contributed by atoms with van der Waals surface area (Å²) < 4.78 is 45.2. The maximum absolute atomic E-state index is 12.0. The maximum Gasteiger partial charge on any atom is 0.573 e. The Morgan fingerprint density at radius 3 is 2.47 bits per heavy atom. The molecule has 0 aliphatic heterocycles. The third-order valence-electron chi connectivity index (χ3n) is 1.98. The van der Waals surface area contributed by atoms with Gasteiger partial charge in [-0.05, 0) is 24.3 Å². The van der Waals surface area contributed by atoms with Gasteiger partial charge in [-0.3, -0.25) is 4.79 Å². The monoisotopic (exact) mass is 288 g/mol. The summed E-state index contributed by atoms with van der Waals surface area (Å²) in [5, 5.41) is 0.409. The Morgan fingerprint density at radius 1 is 1.11 bits per heavy atom. The minimum absolute atomic E-state index is 0.195. The molecule has 0 radical (unpaired) electrons. The van der Waals surface area contributed by atoms with Crippen molar-refractivity contribution in [2.24, 2.45) is 0 Å². The van der Waals surface area contributed by atoms with E-state index in [-0.39, 0.29) is 11.5 Å². The molecule has 7 heteroatoms. The molecule has 0 fully saturated rings. The molecule has 0 unspecified atom stereocenters. The Morgan fingerprint density at radius 2 is 1.84 bits per heavy atom. The van der Waals surface area contributed by atoms with Crippen molar-refractivity contribution < 1.29 is 27.4 Å². The number of halogens is 3. The molecule has 1 aromatic heterocycles. The second-order valence-electron chi connectivity index (χ2n) is 3.40. The Kier molecular flexibility index (Phi) is 3.75. The van der Waals surface area contributed by atoms with Crippen LogP contribution in [0.1, 0.15) is 9.67 Å². The first-order chi connectivity index (χ1) is 8.96. The second-order valence-corrected chi connectivity index (χ2v) is 4.48. The highest BCUT2D eigenvalue weighted by atomic mass is 32.1. The van der Waals surface area contributed by atoms with Crippen LogP contribution in [-0.4, -0.2) is 12.6 Å². The molecule has 0 spiro atoms. The van der Waals surface area contributed by atoms with Gasteiger partial charge in [-0.2, -0.15) is 0 Å². The van der Waals surface area contributed by atoms with E-state index in [4.69, 9.17) is 4.74 Å². The molecule has 0 amide bonds. The van der Waals surface area contributed by atoms with Crippen LogP contribution >= 0.6 is 11.3 Å². The number of carbonyl (C=O) groups excluding carboxylic acids is 1. The van der Waals surface area contributed by atoms with Crippen molar-refractivity contribution >= 4 is 17.6 Å². The van der Waals surface area contributed by atoms with E-state index in [0.29, 0.717) is 16.2 Å². The number of hydrogen-bond donors (Lipinski definition) is 0. The van der Waals surface area contributed by atoms with Crippen molar-refractivity contribution in [2.45, 2.75) is 6.36 Å². The summed E-state index contributed by atoms with van der Waals surface area (Å²) in [6.07, 6.45) is -4.08. The van der Waals surface area contributed by atoms with E-state index in [2.05, 4.69) is 4.74 Å². The lowest BCUT2D eigenvalue weighted by molar-refractivity contribution is -0.274. The van der Waals surface area contributed by atoms with E-state index >= 15 is 0 Å². The normalized spacial score (nSPS) is 11.1. The van der Waals surface area contributed by atoms with Gasteiger partial charge in [-0.1, -0.05) is 17.4 Å². The molecule has 0 bridgehead atoms. The standard InChI is InChI=1S/C12H7F3O3S/c13-12(14,15)18-9-3-1-2-8(6-9)17-11-5-4-10(7-16)19-11/h1-7H. The van der Waals surface area contributed by atoms with E-state index in [1.165, 1.54) is 18.2 Å². The number of ether oxygens (including phenoxy) is 2. The van der Waals surface area contributed by atoms with Gasteiger partial charge in [-0.15, -0.1) is 13.2 Å². The number of hydrogen-bond acceptors (Lipinski definition) is 4. The molecule has 0 saturated heterocycles. The quantitative estimate of drug-likeness (QED) is 0.789. The summed E-state index contributed by atoms with van der Waals surface area (Å²) in [5.41, 5.74) is 0. The van der Waals surface area contributed by atoms with Crippen LogP contribution in [-0.2, 0) is 0 Å². The summed E-state index contributed by atoms with van der Waals surface area (Å²) in [6.45, 7) is 0. The molecule has 1 aromatic carbocycles. The van der Waals surface area contributed by atoms with Gasteiger partial charge in [0.25, 0.3) is 0 Å². The number of thiophene rings is 1. The van der Waals surface area contributed by atoms with Gasteiger partial charge in [0.05, 0.1) is 4.88 Å². The Balaban J connectivity index is 2.12. The zero-order valence-electron chi connectivity index (χ0n) is 9.31. The van der Waals surface area contributed by atoms with Gasteiger partial charge >= 0.3 is 6.36 Å². The molecule has 0 aliphatic carbocycles. The van der Waals surface area contributed by atoms with E-state index in [9.17, 15) is 18.0 Å². The molecule has 1 heterocycles. The van der Waals surface area contributed by atoms with Gasteiger partial charge in [0.2, 0.25) is 0 Å². The highest BCUT2D eigenvalue weighted by Gasteiger charge is 2.31. The maximum atomic E-state index is 12.0. The van der Waals surface area contributed by atoms with E-state index in [0.717, 1.165) is 17.4 Å². The van der Waals surface area contributed by atoms with Crippen LogP contribution in [0.3, 0.4) is 0 Å². The van der Waals surface area contributed by atoms with Crippen LogP contribution in [0.2, 0.25) is 0 Å². The zero-order chi connectivity index (χ0) is 13.9. The average molecular weight is 288 g/mol. The fourth-order valence-electron chi connectivity index (χ4n) is 1.30. The van der Waals surface area contributed by atoms with Crippen molar-refractivity contribution in [1.29, 1.82) is 0 Å². The van der Waals surface area contributed by atoms with E-state index in [1.807, 2.05) is 0 Å². The van der Waals surface area contributed by atoms with Crippen molar-refractivity contribution in [3.63, 3.8) is 0 Å².